The van der Waals surface area contributed by atoms with Crippen LogP contribution in [0.5, 0.6) is 5.75 Å². The summed E-state index contributed by atoms with van der Waals surface area (Å²) in [4.78, 5) is 6.45. The SMILES string of the molecule is CCN(C)Cc1cccc(CNCc2ccccc2OCc2cccnc2)c1. The number of hydrogen-bond donors (Lipinski definition) is 1. The first-order valence-corrected chi connectivity index (χ1v) is 9.81. The summed E-state index contributed by atoms with van der Waals surface area (Å²) in [5.41, 5.74) is 4.88. The molecule has 0 bridgehead atoms. The molecule has 1 aromatic heterocycles. The van der Waals surface area contributed by atoms with Gasteiger partial charge in [-0.1, -0.05) is 55.5 Å². The van der Waals surface area contributed by atoms with Gasteiger partial charge in [0.2, 0.25) is 0 Å². The zero-order chi connectivity index (χ0) is 19.6. The molecule has 0 spiro atoms. The maximum absolute atomic E-state index is 6.02. The predicted molar refractivity (Wildman–Crippen MR) is 114 cm³/mol. The molecule has 1 N–H and O–H groups in total. The zero-order valence-electron chi connectivity index (χ0n) is 16.8. The summed E-state index contributed by atoms with van der Waals surface area (Å²) in [5, 5.41) is 3.55. The van der Waals surface area contributed by atoms with Crippen LogP contribution in [0, 0.1) is 0 Å². The molecule has 0 fully saturated rings. The number of benzene rings is 2. The molecule has 3 aromatic rings. The van der Waals surface area contributed by atoms with Gasteiger partial charge in [0, 0.05) is 43.2 Å². The normalized spacial score (nSPS) is 11.0. The third-order valence-corrected chi connectivity index (χ3v) is 4.72. The minimum Gasteiger partial charge on any atom is -0.489 e. The Morgan fingerprint density at radius 1 is 0.929 bits per heavy atom. The molecule has 2 aromatic carbocycles. The molecule has 3 rings (SSSR count). The molecule has 146 valence electrons. The fraction of sp³-hybridized carbons (Fsp3) is 0.292. The minimum absolute atomic E-state index is 0.526. The molecule has 0 amide bonds. The standard InChI is InChI=1S/C24H29N3O/c1-3-27(2)18-21-9-6-8-20(14-21)15-26-17-23-11-4-5-12-24(23)28-19-22-10-7-13-25-16-22/h4-14,16,26H,3,15,17-19H2,1-2H3. The van der Waals surface area contributed by atoms with Crippen LogP contribution in [0.2, 0.25) is 0 Å². The first kappa shape index (κ1) is 20.1. The summed E-state index contributed by atoms with van der Waals surface area (Å²) in [6.45, 7) is 6.34. The van der Waals surface area contributed by atoms with Crippen LogP contribution < -0.4 is 10.1 Å². The highest BCUT2D eigenvalue weighted by molar-refractivity contribution is 5.33. The van der Waals surface area contributed by atoms with Crippen LogP contribution in [0.15, 0.2) is 73.1 Å². The van der Waals surface area contributed by atoms with Crippen LogP contribution >= 0.6 is 0 Å². The molecular formula is C24H29N3O. The van der Waals surface area contributed by atoms with Crippen molar-refractivity contribution in [1.29, 1.82) is 0 Å². The quantitative estimate of drug-likeness (QED) is 0.570. The molecule has 0 radical (unpaired) electrons. The van der Waals surface area contributed by atoms with E-state index in [9.17, 15) is 0 Å². The highest BCUT2D eigenvalue weighted by Crippen LogP contribution is 2.19. The van der Waals surface area contributed by atoms with Crippen LogP contribution in [-0.2, 0) is 26.2 Å². The second-order valence-electron chi connectivity index (χ2n) is 7.01. The van der Waals surface area contributed by atoms with Crippen LogP contribution in [0.3, 0.4) is 0 Å². The lowest BCUT2D eigenvalue weighted by Gasteiger charge is -2.15. The molecule has 0 unspecified atom stereocenters. The van der Waals surface area contributed by atoms with E-state index < -0.39 is 0 Å². The molecule has 0 aliphatic heterocycles. The molecule has 0 aliphatic rings. The Bertz CT molecular complexity index is 851. The van der Waals surface area contributed by atoms with Gasteiger partial charge in [0.25, 0.3) is 0 Å². The summed E-state index contributed by atoms with van der Waals surface area (Å²) in [7, 11) is 2.15. The van der Waals surface area contributed by atoms with Gasteiger partial charge in [-0.05, 0) is 36.9 Å². The van der Waals surface area contributed by atoms with Crippen molar-refractivity contribution < 1.29 is 4.74 Å². The highest BCUT2D eigenvalue weighted by atomic mass is 16.5. The van der Waals surface area contributed by atoms with E-state index in [1.165, 1.54) is 11.1 Å². The highest BCUT2D eigenvalue weighted by Gasteiger charge is 2.04. The maximum Gasteiger partial charge on any atom is 0.124 e. The van der Waals surface area contributed by atoms with Crippen molar-refractivity contribution in [2.45, 2.75) is 33.2 Å². The van der Waals surface area contributed by atoms with Gasteiger partial charge in [-0.2, -0.15) is 0 Å². The summed E-state index contributed by atoms with van der Waals surface area (Å²) in [5.74, 6) is 0.914. The summed E-state index contributed by atoms with van der Waals surface area (Å²) < 4.78 is 6.02. The van der Waals surface area contributed by atoms with E-state index in [4.69, 9.17) is 4.74 Å². The first-order valence-electron chi connectivity index (χ1n) is 9.81. The second kappa shape index (κ2) is 10.6. The number of ether oxygens (including phenoxy) is 1. The smallest absolute Gasteiger partial charge is 0.124 e. The van der Waals surface area contributed by atoms with Crippen LogP contribution in [0.4, 0.5) is 0 Å². The molecule has 1 heterocycles. The Balaban J connectivity index is 1.54. The number of pyridine rings is 1. The average molecular weight is 376 g/mol. The van der Waals surface area contributed by atoms with Crippen molar-refractivity contribution >= 4 is 0 Å². The van der Waals surface area contributed by atoms with Gasteiger partial charge in [-0.25, -0.2) is 0 Å². The zero-order valence-corrected chi connectivity index (χ0v) is 16.8. The Morgan fingerprint density at radius 2 is 1.75 bits per heavy atom. The van der Waals surface area contributed by atoms with Gasteiger partial charge in [0.15, 0.2) is 0 Å². The second-order valence-corrected chi connectivity index (χ2v) is 7.01. The van der Waals surface area contributed by atoms with Crippen molar-refractivity contribution in [2.75, 3.05) is 13.6 Å². The van der Waals surface area contributed by atoms with E-state index in [0.29, 0.717) is 6.61 Å². The van der Waals surface area contributed by atoms with Gasteiger partial charge in [-0.15, -0.1) is 0 Å². The monoisotopic (exact) mass is 375 g/mol. The van der Waals surface area contributed by atoms with Crippen molar-refractivity contribution in [3.8, 4) is 5.75 Å². The first-order chi connectivity index (χ1) is 13.7. The van der Waals surface area contributed by atoms with Crippen LogP contribution in [0.1, 0.15) is 29.2 Å². The fourth-order valence-corrected chi connectivity index (χ4v) is 3.04. The molecule has 4 nitrogen and oxygen atoms in total. The summed E-state index contributed by atoms with van der Waals surface area (Å²) in [6, 6.07) is 20.9. The number of para-hydroxylation sites is 1. The van der Waals surface area contributed by atoms with Gasteiger partial charge >= 0.3 is 0 Å². The van der Waals surface area contributed by atoms with Crippen molar-refractivity contribution in [1.82, 2.24) is 15.2 Å². The maximum atomic E-state index is 6.02. The number of rotatable bonds is 10. The van der Waals surface area contributed by atoms with Gasteiger partial charge in [-0.3, -0.25) is 4.98 Å². The lowest BCUT2D eigenvalue weighted by molar-refractivity contribution is 0.301. The third kappa shape index (κ3) is 6.19. The van der Waals surface area contributed by atoms with Crippen molar-refractivity contribution in [3.63, 3.8) is 0 Å². The van der Waals surface area contributed by atoms with Crippen molar-refractivity contribution in [3.05, 3.63) is 95.3 Å². The fourth-order valence-electron chi connectivity index (χ4n) is 3.04. The molecule has 4 heteroatoms. The molecular weight excluding hydrogens is 346 g/mol. The summed E-state index contributed by atoms with van der Waals surface area (Å²) in [6.07, 6.45) is 3.61. The number of nitrogens with zero attached hydrogens (tertiary/aromatic N) is 2. The van der Waals surface area contributed by atoms with E-state index in [1.807, 2.05) is 30.5 Å². The molecule has 0 atom stereocenters. The van der Waals surface area contributed by atoms with E-state index >= 15 is 0 Å². The Labute approximate surface area is 168 Å². The predicted octanol–water partition coefficient (Wildman–Crippen LogP) is 4.40. The lowest BCUT2D eigenvalue weighted by atomic mass is 10.1. The number of hydrogen-bond acceptors (Lipinski definition) is 4. The van der Waals surface area contributed by atoms with E-state index in [1.54, 1.807) is 6.20 Å². The van der Waals surface area contributed by atoms with Crippen LogP contribution in [0.25, 0.3) is 0 Å². The molecule has 28 heavy (non-hydrogen) atoms. The minimum atomic E-state index is 0.526. The Kier molecular flexibility index (Phi) is 7.59. The molecule has 0 saturated heterocycles. The molecule has 0 saturated carbocycles. The Morgan fingerprint density at radius 3 is 2.57 bits per heavy atom. The summed E-state index contributed by atoms with van der Waals surface area (Å²) >= 11 is 0. The van der Waals surface area contributed by atoms with Gasteiger partial charge in [0.05, 0.1) is 0 Å². The molecule has 0 aliphatic carbocycles. The van der Waals surface area contributed by atoms with Gasteiger partial charge < -0.3 is 15.0 Å². The third-order valence-electron chi connectivity index (χ3n) is 4.72. The van der Waals surface area contributed by atoms with Gasteiger partial charge in [0.1, 0.15) is 12.4 Å². The Hall–Kier alpha value is -2.69. The lowest BCUT2D eigenvalue weighted by Crippen LogP contribution is -2.17. The average Bonchev–Trinajstić information content (AvgIpc) is 2.74. The van der Waals surface area contributed by atoms with Crippen molar-refractivity contribution in [2.24, 2.45) is 0 Å². The topological polar surface area (TPSA) is 37.4 Å². The number of nitrogens with one attached hydrogen (secondary N) is 1. The van der Waals surface area contributed by atoms with E-state index in [2.05, 4.69) is 65.6 Å². The van der Waals surface area contributed by atoms with E-state index in [-0.39, 0.29) is 0 Å². The largest absolute Gasteiger partial charge is 0.489 e. The number of aromatic nitrogens is 1. The van der Waals surface area contributed by atoms with E-state index in [0.717, 1.165) is 43.1 Å². The van der Waals surface area contributed by atoms with Crippen LogP contribution in [-0.4, -0.2) is 23.5 Å².